The van der Waals surface area contributed by atoms with Crippen LogP contribution >= 0.6 is 0 Å². The molecule has 2 N–H and O–H groups in total. The van der Waals surface area contributed by atoms with Gasteiger partial charge in [-0.25, -0.2) is 12.9 Å². The van der Waals surface area contributed by atoms with Crippen molar-refractivity contribution in [3.8, 4) is 0 Å². The van der Waals surface area contributed by atoms with E-state index in [2.05, 4.69) is 10.3 Å². The van der Waals surface area contributed by atoms with E-state index in [4.69, 9.17) is 0 Å². The summed E-state index contributed by atoms with van der Waals surface area (Å²) >= 11 is -2.55. The lowest BCUT2D eigenvalue weighted by Crippen LogP contribution is -2.30. The van der Waals surface area contributed by atoms with Gasteiger partial charge in [0.15, 0.2) is 0 Å². The highest BCUT2D eigenvalue weighted by molar-refractivity contribution is 7.81. The first-order chi connectivity index (χ1) is 16.0. The molecule has 0 aliphatic heterocycles. The van der Waals surface area contributed by atoms with E-state index in [1.165, 1.54) is 6.07 Å². The summed E-state index contributed by atoms with van der Waals surface area (Å²) in [5.41, 5.74) is 1.75. The summed E-state index contributed by atoms with van der Waals surface area (Å²) in [6.07, 6.45) is 2.19. The van der Waals surface area contributed by atoms with Crippen LogP contribution in [0.3, 0.4) is 0 Å². The Morgan fingerprint density at radius 1 is 1.06 bits per heavy atom. The molecule has 0 fully saturated rings. The Morgan fingerprint density at radius 3 is 2.55 bits per heavy atom. The minimum absolute atomic E-state index is 0.0558. The summed E-state index contributed by atoms with van der Waals surface area (Å²) in [7, 11) is 0. The van der Waals surface area contributed by atoms with Crippen LogP contribution in [-0.4, -0.2) is 19.7 Å². The lowest BCUT2D eigenvalue weighted by atomic mass is 10.0. The topological polar surface area (TPSA) is 82.5 Å². The number of nitrogens with zero attached hydrogens (tertiary/aromatic N) is 2. The van der Waals surface area contributed by atoms with Crippen LogP contribution in [0, 0.1) is 5.82 Å². The molecule has 1 aromatic heterocycles. The summed E-state index contributed by atoms with van der Waals surface area (Å²) in [5.74, 6) is -1.18. The number of hydrogen-bond acceptors (Lipinski definition) is 3. The molecule has 0 bridgehead atoms. The van der Waals surface area contributed by atoms with Crippen molar-refractivity contribution in [2.24, 2.45) is 0 Å². The van der Waals surface area contributed by atoms with Crippen molar-refractivity contribution in [1.29, 1.82) is 0 Å². The van der Waals surface area contributed by atoms with Gasteiger partial charge in [-0.3, -0.25) is 14.3 Å². The number of hydrogen-bond donors (Lipinski definition) is 2. The van der Waals surface area contributed by atoms with Gasteiger partial charge in [-0.15, -0.1) is 0 Å². The number of aromatic nitrogens is 1. The second-order valence-electron chi connectivity index (χ2n) is 7.38. The Balaban J connectivity index is 1.79. The molecule has 0 spiro atoms. The first-order valence-electron chi connectivity index (χ1n) is 10.4. The van der Waals surface area contributed by atoms with Crippen molar-refractivity contribution < 1.29 is 17.9 Å². The number of para-hydroxylation sites is 1. The van der Waals surface area contributed by atoms with E-state index in [0.29, 0.717) is 17.6 Å². The van der Waals surface area contributed by atoms with Crippen LogP contribution in [0.25, 0.3) is 10.9 Å². The average Bonchev–Trinajstić information content (AvgIpc) is 2.84. The van der Waals surface area contributed by atoms with Crippen molar-refractivity contribution in [3.63, 3.8) is 0 Å². The van der Waals surface area contributed by atoms with Gasteiger partial charge in [0.1, 0.15) is 5.82 Å². The maximum absolute atomic E-state index is 14.2. The standard InChI is InChI=1S/C25H22FN3O3S/c1-2-21(17-8-4-3-5-9-17)28-25(30)20-16-19(26)13-14-22(20)29(33(31)32)23-12-6-10-18-11-7-15-27-24(18)23/h3-16,21H,2H2,1H3,(H,28,30)(H,31,32). The molecule has 6 nitrogen and oxygen atoms in total. The maximum atomic E-state index is 14.2. The summed E-state index contributed by atoms with van der Waals surface area (Å²) in [6, 6.07) is 21.5. The van der Waals surface area contributed by atoms with E-state index < -0.39 is 23.0 Å². The summed E-state index contributed by atoms with van der Waals surface area (Å²) in [5, 5.41) is 3.68. The van der Waals surface area contributed by atoms with Gasteiger partial charge in [-0.1, -0.05) is 55.5 Å². The molecule has 168 valence electrons. The number of rotatable bonds is 7. The number of pyridine rings is 1. The highest BCUT2D eigenvalue weighted by atomic mass is 32.2. The molecule has 0 saturated heterocycles. The smallest absolute Gasteiger partial charge is 0.266 e. The van der Waals surface area contributed by atoms with Gasteiger partial charge < -0.3 is 5.32 Å². The predicted octanol–water partition coefficient (Wildman–Crippen LogP) is 5.53. The van der Waals surface area contributed by atoms with E-state index >= 15 is 0 Å². The van der Waals surface area contributed by atoms with Gasteiger partial charge in [-0.2, -0.15) is 0 Å². The number of benzene rings is 3. The largest absolute Gasteiger partial charge is 0.345 e. The number of amides is 1. The van der Waals surface area contributed by atoms with Crippen LogP contribution in [0.15, 0.2) is 85.1 Å². The molecule has 2 unspecified atom stereocenters. The number of nitrogens with one attached hydrogen (secondary N) is 1. The molecule has 1 heterocycles. The van der Waals surface area contributed by atoms with E-state index in [1.807, 2.05) is 49.4 Å². The molecule has 0 aliphatic carbocycles. The predicted molar refractivity (Wildman–Crippen MR) is 128 cm³/mol. The molecule has 8 heteroatoms. The third kappa shape index (κ3) is 4.76. The number of carbonyl (C=O) groups is 1. The van der Waals surface area contributed by atoms with Crippen LogP contribution in [0.2, 0.25) is 0 Å². The van der Waals surface area contributed by atoms with E-state index in [9.17, 15) is 17.9 Å². The SMILES string of the molecule is CCC(NC(=O)c1cc(F)ccc1N(c1cccc2cccnc12)S(=O)O)c1ccccc1. The Morgan fingerprint density at radius 2 is 1.82 bits per heavy atom. The fourth-order valence-electron chi connectivity index (χ4n) is 3.76. The number of anilines is 2. The normalized spacial score (nSPS) is 12.8. The van der Waals surface area contributed by atoms with Crippen LogP contribution in [0.4, 0.5) is 15.8 Å². The van der Waals surface area contributed by atoms with E-state index in [0.717, 1.165) is 27.4 Å². The van der Waals surface area contributed by atoms with Gasteiger partial charge in [0.25, 0.3) is 17.2 Å². The van der Waals surface area contributed by atoms with Gasteiger partial charge in [-0.05, 0) is 42.3 Å². The van der Waals surface area contributed by atoms with Gasteiger partial charge in [0.2, 0.25) is 0 Å². The first-order valence-corrected chi connectivity index (χ1v) is 11.5. The zero-order valence-electron chi connectivity index (χ0n) is 17.8. The van der Waals surface area contributed by atoms with Crippen molar-refractivity contribution >= 4 is 39.5 Å². The Hall–Kier alpha value is -3.62. The zero-order chi connectivity index (χ0) is 23.4. The molecule has 3 aromatic carbocycles. The summed E-state index contributed by atoms with van der Waals surface area (Å²) in [4.78, 5) is 17.6. The number of fused-ring (bicyclic) bond motifs is 1. The third-order valence-corrected chi connectivity index (χ3v) is 6.03. The number of halogens is 1. The van der Waals surface area contributed by atoms with Gasteiger partial charge in [0, 0.05) is 11.6 Å². The van der Waals surface area contributed by atoms with Crippen LogP contribution in [-0.2, 0) is 11.3 Å². The third-order valence-electron chi connectivity index (χ3n) is 5.32. The van der Waals surface area contributed by atoms with Crippen molar-refractivity contribution in [2.45, 2.75) is 19.4 Å². The molecule has 2 atom stereocenters. The molecule has 0 saturated carbocycles. The van der Waals surface area contributed by atoms with Crippen molar-refractivity contribution in [2.75, 3.05) is 4.31 Å². The van der Waals surface area contributed by atoms with E-state index in [1.54, 1.807) is 24.4 Å². The quantitative estimate of drug-likeness (QED) is 0.353. The number of carbonyl (C=O) groups excluding carboxylic acids is 1. The second-order valence-corrected chi connectivity index (χ2v) is 8.21. The minimum Gasteiger partial charge on any atom is -0.345 e. The minimum atomic E-state index is -2.55. The molecular formula is C25H22FN3O3S. The molecule has 4 rings (SSSR count). The van der Waals surface area contributed by atoms with Crippen LogP contribution in [0.5, 0.6) is 0 Å². The van der Waals surface area contributed by atoms with Gasteiger partial charge >= 0.3 is 0 Å². The lowest BCUT2D eigenvalue weighted by Gasteiger charge is -2.25. The van der Waals surface area contributed by atoms with Gasteiger partial charge in [0.05, 0.1) is 28.5 Å². The molecule has 33 heavy (non-hydrogen) atoms. The molecule has 1 amide bonds. The fraction of sp³-hybridized carbons (Fsp3) is 0.120. The zero-order valence-corrected chi connectivity index (χ0v) is 18.6. The summed E-state index contributed by atoms with van der Waals surface area (Å²) in [6.45, 7) is 1.93. The fourth-order valence-corrected chi connectivity index (χ4v) is 4.40. The monoisotopic (exact) mass is 463 g/mol. The Kier molecular flexibility index (Phi) is 6.76. The first kappa shape index (κ1) is 22.6. The second kappa shape index (κ2) is 9.89. The Bertz CT molecular complexity index is 1310. The van der Waals surface area contributed by atoms with Crippen LogP contribution < -0.4 is 9.62 Å². The highest BCUT2D eigenvalue weighted by Crippen LogP contribution is 2.35. The molecular weight excluding hydrogens is 441 g/mol. The van der Waals surface area contributed by atoms with Crippen molar-refractivity contribution in [3.05, 3.63) is 102 Å². The maximum Gasteiger partial charge on any atom is 0.266 e. The molecule has 4 aromatic rings. The van der Waals surface area contributed by atoms with Crippen molar-refractivity contribution in [1.82, 2.24) is 10.3 Å². The lowest BCUT2D eigenvalue weighted by molar-refractivity contribution is 0.0936. The average molecular weight is 464 g/mol. The molecule has 0 radical (unpaired) electrons. The van der Waals surface area contributed by atoms with E-state index in [-0.39, 0.29) is 17.3 Å². The Labute approximate surface area is 193 Å². The molecule has 0 aliphatic rings. The highest BCUT2D eigenvalue weighted by Gasteiger charge is 2.25. The van der Waals surface area contributed by atoms with Crippen LogP contribution in [0.1, 0.15) is 35.3 Å². The summed E-state index contributed by atoms with van der Waals surface area (Å²) < 4.78 is 38.0.